The van der Waals surface area contributed by atoms with E-state index in [0.717, 1.165) is 17.7 Å². The summed E-state index contributed by atoms with van der Waals surface area (Å²) in [5, 5.41) is 4.21. The number of H-pyrrole nitrogens is 1. The smallest absolute Gasteiger partial charge is 0.345 e. The third kappa shape index (κ3) is 4.57. The summed E-state index contributed by atoms with van der Waals surface area (Å²) >= 11 is 0. The van der Waals surface area contributed by atoms with Crippen molar-refractivity contribution in [1.82, 2.24) is 24.6 Å². The van der Waals surface area contributed by atoms with Crippen LogP contribution in [-0.4, -0.2) is 56.4 Å². The van der Waals surface area contributed by atoms with Crippen LogP contribution in [0.4, 0.5) is 0 Å². The van der Waals surface area contributed by atoms with Crippen molar-refractivity contribution >= 4 is 5.91 Å². The maximum atomic E-state index is 12.7. The second-order valence-corrected chi connectivity index (χ2v) is 6.65. The molecule has 0 aromatic carbocycles. The Hall–Kier alpha value is -2.48. The first kappa shape index (κ1) is 18.3. The van der Waals surface area contributed by atoms with Crippen LogP contribution in [0.1, 0.15) is 29.8 Å². The van der Waals surface area contributed by atoms with Crippen molar-refractivity contribution < 1.29 is 9.53 Å². The maximum absolute atomic E-state index is 12.7. The van der Waals surface area contributed by atoms with Gasteiger partial charge in [-0.3, -0.25) is 9.48 Å². The quantitative estimate of drug-likeness (QED) is 0.854. The molecular formula is C18H25N5O3. The Morgan fingerprint density at radius 1 is 1.42 bits per heavy atom. The van der Waals surface area contributed by atoms with Crippen LogP contribution >= 0.6 is 0 Å². The van der Waals surface area contributed by atoms with Crippen LogP contribution in [-0.2, 0) is 22.5 Å². The monoisotopic (exact) mass is 359 g/mol. The summed E-state index contributed by atoms with van der Waals surface area (Å²) in [7, 11) is 0. The predicted octanol–water partition coefficient (Wildman–Crippen LogP) is 0.834. The summed E-state index contributed by atoms with van der Waals surface area (Å²) in [6, 6.07) is 1.88. The molecule has 8 heteroatoms. The van der Waals surface area contributed by atoms with E-state index in [2.05, 4.69) is 15.1 Å². The molecule has 1 aliphatic rings. The van der Waals surface area contributed by atoms with Crippen molar-refractivity contribution in [2.45, 2.75) is 45.8 Å². The van der Waals surface area contributed by atoms with Gasteiger partial charge in [-0.15, -0.1) is 0 Å². The number of nitrogens with zero attached hydrogens (tertiary/aromatic N) is 4. The average molecular weight is 359 g/mol. The number of aryl methyl sites for hydroxylation is 2. The highest BCUT2D eigenvalue weighted by atomic mass is 16.5. The number of aromatic nitrogens is 4. The largest absolute Gasteiger partial charge is 0.374 e. The molecule has 1 amide bonds. The Morgan fingerprint density at radius 3 is 3.00 bits per heavy atom. The van der Waals surface area contributed by atoms with Crippen LogP contribution in [0.3, 0.4) is 0 Å². The molecule has 1 fully saturated rings. The van der Waals surface area contributed by atoms with Gasteiger partial charge in [0.05, 0.1) is 12.6 Å². The molecule has 0 saturated carbocycles. The molecule has 8 nitrogen and oxygen atoms in total. The van der Waals surface area contributed by atoms with Gasteiger partial charge in [0, 0.05) is 49.9 Å². The molecule has 0 spiro atoms. The topological polar surface area (TPSA) is 93.1 Å². The molecule has 26 heavy (non-hydrogen) atoms. The van der Waals surface area contributed by atoms with Crippen molar-refractivity contribution in [3.63, 3.8) is 0 Å². The molecule has 1 aliphatic heterocycles. The molecule has 1 unspecified atom stereocenters. The van der Waals surface area contributed by atoms with Gasteiger partial charge in [0.25, 0.3) is 0 Å². The summed E-state index contributed by atoms with van der Waals surface area (Å²) < 4.78 is 7.70. The molecule has 2 aromatic heterocycles. The number of carbonyl (C=O) groups is 1. The van der Waals surface area contributed by atoms with E-state index in [1.807, 2.05) is 35.7 Å². The highest BCUT2D eigenvalue weighted by Gasteiger charge is 2.23. The van der Waals surface area contributed by atoms with Crippen molar-refractivity contribution in [1.29, 1.82) is 0 Å². The molecule has 3 rings (SSSR count). The zero-order valence-electron chi connectivity index (χ0n) is 15.3. The van der Waals surface area contributed by atoms with E-state index >= 15 is 0 Å². The standard InChI is InChI=1S/C18H25N5O3/c1-13-16(14(2)21-18(25)20-13)5-6-17(24)22-8-4-10-26-15(11-22)12-23-9-3-7-19-23/h3,7,9,15H,4-6,8,10-12H2,1-2H3,(H,20,21,25). The van der Waals surface area contributed by atoms with E-state index in [-0.39, 0.29) is 17.7 Å². The summed E-state index contributed by atoms with van der Waals surface area (Å²) in [5.74, 6) is 0.103. The Labute approximate surface area is 152 Å². The van der Waals surface area contributed by atoms with Crippen molar-refractivity contribution in [3.05, 3.63) is 45.9 Å². The normalized spacial score (nSPS) is 17.9. The molecule has 1 atom stereocenters. The van der Waals surface area contributed by atoms with Gasteiger partial charge < -0.3 is 14.6 Å². The van der Waals surface area contributed by atoms with Gasteiger partial charge >= 0.3 is 5.69 Å². The van der Waals surface area contributed by atoms with E-state index < -0.39 is 0 Å². The number of aromatic amines is 1. The lowest BCUT2D eigenvalue weighted by Gasteiger charge is -2.24. The van der Waals surface area contributed by atoms with Crippen molar-refractivity contribution in [3.8, 4) is 0 Å². The van der Waals surface area contributed by atoms with Crippen LogP contribution in [0.15, 0.2) is 23.3 Å². The van der Waals surface area contributed by atoms with E-state index in [1.165, 1.54) is 0 Å². The number of nitrogens with one attached hydrogen (secondary N) is 1. The number of hydrogen-bond donors (Lipinski definition) is 1. The van der Waals surface area contributed by atoms with Gasteiger partial charge in [-0.05, 0) is 38.3 Å². The predicted molar refractivity (Wildman–Crippen MR) is 95.8 cm³/mol. The number of amides is 1. The van der Waals surface area contributed by atoms with Crippen molar-refractivity contribution in [2.24, 2.45) is 0 Å². The van der Waals surface area contributed by atoms with Crippen molar-refractivity contribution in [2.75, 3.05) is 19.7 Å². The van der Waals surface area contributed by atoms with E-state index in [9.17, 15) is 9.59 Å². The lowest BCUT2D eigenvalue weighted by molar-refractivity contribution is -0.132. The SMILES string of the molecule is Cc1nc(=O)[nH]c(C)c1CCC(=O)N1CCCOC(Cn2cccn2)C1. The molecule has 0 radical (unpaired) electrons. The summed E-state index contributed by atoms with van der Waals surface area (Å²) in [4.78, 5) is 32.6. The lowest BCUT2D eigenvalue weighted by atomic mass is 10.1. The number of hydrogen-bond acceptors (Lipinski definition) is 5. The molecule has 1 saturated heterocycles. The molecule has 2 aromatic rings. The van der Waals surface area contributed by atoms with Crippen LogP contribution in [0.5, 0.6) is 0 Å². The van der Waals surface area contributed by atoms with Gasteiger partial charge in [0.1, 0.15) is 0 Å². The van der Waals surface area contributed by atoms with Crippen LogP contribution in [0.25, 0.3) is 0 Å². The zero-order valence-corrected chi connectivity index (χ0v) is 15.3. The summed E-state index contributed by atoms with van der Waals surface area (Å²) in [5.41, 5.74) is 2.07. The lowest BCUT2D eigenvalue weighted by Crippen LogP contribution is -2.38. The van der Waals surface area contributed by atoms with Crippen LogP contribution < -0.4 is 5.69 Å². The molecule has 0 bridgehead atoms. The molecular weight excluding hydrogens is 334 g/mol. The van der Waals surface area contributed by atoms with E-state index in [4.69, 9.17) is 4.74 Å². The summed E-state index contributed by atoms with van der Waals surface area (Å²) in [6.45, 7) is 6.21. The maximum Gasteiger partial charge on any atom is 0.345 e. The van der Waals surface area contributed by atoms with Crippen LogP contribution in [0, 0.1) is 13.8 Å². The average Bonchev–Trinajstić information content (AvgIpc) is 2.97. The van der Waals surface area contributed by atoms with Gasteiger partial charge in [-0.2, -0.15) is 10.1 Å². The Morgan fingerprint density at radius 2 is 2.27 bits per heavy atom. The minimum atomic E-state index is -0.346. The van der Waals surface area contributed by atoms with Gasteiger partial charge in [-0.1, -0.05) is 0 Å². The summed E-state index contributed by atoms with van der Waals surface area (Å²) in [6.07, 6.45) is 5.38. The Bertz CT molecular complexity index is 773. The fraction of sp³-hybridized carbons (Fsp3) is 0.556. The van der Waals surface area contributed by atoms with E-state index in [0.29, 0.717) is 44.8 Å². The number of ether oxygens (including phenoxy) is 1. The number of rotatable bonds is 5. The fourth-order valence-corrected chi connectivity index (χ4v) is 3.36. The second-order valence-electron chi connectivity index (χ2n) is 6.65. The first-order valence-electron chi connectivity index (χ1n) is 8.96. The highest BCUT2D eigenvalue weighted by Crippen LogP contribution is 2.13. The fourth-order valence-electron chi connectivity index (χ4n) is 3.36. The molecule has 0 aliphatic carbocycles. The van der Waals surface area contributed by atoms with E-state index in [1.54, 1.807) is 6.20 Å². The molecule has 1 N–H and O–H groups in total. The van der Waals surface area contributed by atoms with Gasteiger partial charge in [-0.25, -0.2) is 4.79 Å². The minimum Gasteiger partial charge on any atom is -0.374 e. The first-order chi connectivity index (χ1) is 12.5. The zero-order chi connectivity index (χ0) is 18.5. The molecule has 3 heterocycles. The third-order valence-corrected chi connectivity index (χ3v) is 4.69. The first-order valence-corrected chi connectivity index (χ1v) is 8.96. The second kappa shape index (κ2) is 8.27. The highest BCUT2D eigenvalue weighted by molar-refractivity contribution is 5.76. The van der Waals surface area contributed by atoms with Crippen LogP contribution in [0.2, 0.25) is 0 Å². The minimum absolute atomic E-state index is 0.0560. The number of carbonyl (C=O) groups excluding carboxylic acids is 1. The van der Waals surface area contributed by atoms with Gasteiger partial charge in [0.15, 0.2) is 0 Å². The Kier molecular flexibility index (Phi) is 5.82. The molecule has 140 valence electrons. The van der Waals surface area contributed by atoms with Gasteiger partial charge in [0.2, 0.25) is 5.91 Å². The Balaban J connectivity index is 1.60. The third-order valence-electron chi connectivity index (χ3n) is 4.69.